The van der Waals surface area contributed by atoms with Gasteiger partial charge in [0.05, 0.1) is 5.75 Å². The highest BCUT2D eigenvalue weighted by atomic mass is 32.2. The maximum atomic E-state index is 11.6. The zero-order chi connectivity index (χ0) is 13.1. The molecule has 0 saturated carbocycles. The van der Waals surface area contributed by atoms with E-state index >= 15 is 0 Å². The average molecular weight is 256 g/mol. The molecule has 17 heavy (non-hydrogen) atoms. The van der Waals surface area contributed by atoms with Crippen molar-refractivity contribution in [3.8, 4) is 0 Å². The van der Waals surface area contributed by atoms with Crippen LogP contribution in [0.2, 0.25) is 0 Å². The highest BCUT2D eigenvalue weighted by molar-refractivity contribution is 7.89. The molecule has 4 nitrogen and oxygen atoms in total. The van der Waals surface area contributed by atoms with E-state index in [4.69, 9.17) is 5.73 Å². The van der Waals surface area contributed by atoms with E-state index in [1.165, 1.54) is 4.31 Å². The molecule has 0 spiro atoms. The lowest BCUT2D eigenvalue weighted by molar-refractivity contribution is 0.473. The fraction of sp³-hybridized carbons (Fsp3) is 0.500. The van der Waals surface area contributed by atoms with Crippen LogP contribution in [0.5, 0.6) is 0 Å². The van der Waals surface area contributed by atoms with Gasteiger partial charge in [-0.25, -0.2) is 12.7 Å². The third kappa shape index (κ3) is 3.71. The number of nitrogens with two attached hydrogens (primary N) is 1. The molecule has 0 aliphatic rings. The van der Waals surface area contributed by atoms with Gasteiger partial charge in [0, 0.05) is 19.3 Å². The molecule has 0 fully saturated rings. The van der Waals surface area contributed by atoms with Crippen molar-refractivity contribution in [1.29, 1.82) is 0 Å². The van der Waals surface area contributed by atoms with Crippen molar-refractivity contribution in [3.05, 3.63) is 29.3 Å². The summed E-state index contributed by atoms with van der Waals surface area (Å²) < 4.78 is 24.5. The zero-order valence-electron chi connectivity index (χ0n) is 10.6. The van der Waals surface area contributed by atoms with E-state index in [2.05, 4.69) is 0 Å². The summed E-state index contributed by atoms with van der Waals surface area (Å²) in [6.07, 6.45) is 0.710. The molecule has 0 heterocycles. The van der Waals surface area contributed by atoms with Crippen LogP contribution in [-0.2, 0) is 16.4 Å². The molecule has 0 saturated heterocycles. The number of nitrogen functional groups attached to an aromatic ring is 1. The predicted octanol–water partition coefficient (Wildman–Crippen LogP) is 1.40. The summed E-state index contributed by atoms with van der Waals surface area (Å²) in [6.45, 7) is 4.14. The highest BCUT2D eigenvalue weighted by Crippen LogP contribution is 2.13. The Kier molecular flexibility index (Phi) is 4.54. The molecular formula is C12H20N2O2S. The molecule has 0 aliphatic heterocycles. The van der Waals surface area contributed by atoms with Crippen molar-refractivity contribution in [1.82, 2.24) is 4.31 Å². The Hall–Kier alpha value is -1.07. The van der Waals surface area contributed by atoms with Crippen LogP contribution in [0.4, 0.5) is 5.69 Å². The fourth-order valence-electron chi connectivity index (χ4n) is 1.64. The molecule has 1 aromatic rings. The van der Waals surface area contributed by atoms with Gasteiger partial charge in [0.15, 0.2) is 0 Å². The Labute approximate surface area is 103 Å². The van der Waals surface area contributed by atoms with Crippen molar-refractivity contribution in [2.75, 3.05) is 25.1 Å². The van der Waals surface area contributed by atoms with E-state index < -0.39 is 10.0 Å². The summed E-state index contributed by atoms with van der Waals surface area (Å²) in [7, 11) is -1.46. The number of sulfonamides is 1. The zero-order valence-corrected chi connectivity index (χ0v) is 11.4. The molecule has 2 N–H and O–H groups in total. The highest BCUT2D eigenvalue weighted by Gasteiger charge is 2.14. The second kappa shape index (κ2) is 5.51. The number of anilines is 1. The number of hydrogen-bond donors (Lipinski definition) is 1. The number of likely N-dealkylation sites (N-methyl/N-ethyl adjacent to an activating group) is 1. The quantitative estimate of drug-likeness (QED) is 0.810. The minimum Gasteiger partial charge on any atom is -0.399 e. The van der Waals surface area contributed by atoms with Gasteiger partial charge < -0.3 is 5.73 Å². The average Bonchev–Trinajstić information content (AvgIpc) is 2.27. The summed E-state index contributed by atoms with van der Waals surface area (Å²) in [6, 6.07) is 5.71. The molecular weight excluding hydrogens is 236 g/mol. The Morgan fingerprint density at radius 2 is 2.00 bits per heavy atom. The van der Waals surface area contributed by atoms with Crippen LogP contribution in [0, 0.1) is 6.92 Å². The molecule has 0 bridgehead atoms. The van der Waals surface area contributed by atoms with Gasteiger partial charge in [-0.1, -0.05) is 6.07 Å². The molecule has 0 amide bonds. The number of rotatable bonds is 5. The summed E-state index contributed by atoms with van der Waals surface area (Å²) >= 11 is 0. The molecule has 0 unspecified atom stereocenters. The maximum absolute atomic E-state index is 11.6. The fourth-order valence-corrected chi connectivity index (χ4v) is 2.45. The van der Waals surface area contributed by atoms with Gasteiger partial charge in [0.1, 0.15) is 0 Å². The van der Waals surface area contributed by atoms with Crippen LogP contribution >= 0.6 is 0 Å². The first kappa shape index (κ1) is 14.0. The minimum atomic E-state index is -3.08. The Bertz CT molecular complexity index is 483. The van der Waals surface area contributed by atoms with Gasteiger partial charge in [0.25, 0.3) is 0 Å². The van der Waals surface area contributed by atoms with E-state index in [9.17, 15) is 8.42 Å². The molecule has 1 rings (SSSR count). The van der Waals surface area contributed by atoms with E-state index in [0.29, 0.717) is 13.0 Å². The largest absolute Gasteiger partial charge is 0.399 e. The van der Waals surface area contributed by atoms with Gasteiger partial charge in [0.2, 0.25) is 10.0 Å². The minimum absolute atomic E-state index is 0.143. The predicted molar refractivity (Wildman–Crippen MR) is 71.4 cm³/mol. The topological polar surface area (TPSA) is 63.4 Å². The molecule has 1 aromatic carbocycles. The smallest absolute Gasteiger partial charge is 0.213 e. The van der Waals surface area contributed by atoms with Gasteiger partial charge in [-0.3, -0.25) is 0 Å². The van der Waals surface area contributed by atoms with E-state index in [1.54, 1.807) is 14.0 Å². The summed E-state index contributed by atoms with van der Waals surface area (Å²) in [4.78, 5) is 0. The van der Waals surface area contributed by atoms with Gasteiger partial charge in [-0.05, 0) is 43.5 Å². The molecule has 0 radical (unpaired) electrons. The van der Waals surface area contributed by atoms with E-state index in [0.717, 1.165) is 16.8 Å². The standard InChI is InChI=1S/C12H20N2O2S/c1-4-17(15,16)14(3)8-7-11-5-6-12(13)9-10(11)2/h5-6,9H,4,7-8,13H2,1-3H3. The van der Waals surface area contributed by atoms with Crippen LogP contribution in [0.15, 0.2) is 18.2 Å². The van der Waals surface area contributed by atoms with Gasteiger partial charge in [-0.15, -0.1) is 0 Å². The van der Waals surface area contributed by atoms with Crippen molar-refractivity contribution in [2.24, 2.45) is 0 Å². The van der Waals surface area contributed by atoms with Gasteiger partial charge >= 0.3 is 0 Å². The second-order valence-electron chi connectivity index (χ2n) is 4.16. The van der Waals surface area contributed by atoms with Crippen molar-refractivity contribution in [2.45, 2.75) is 20.3 Å². The first-order valence-electron chi connectivity index (χ1n) is 5.66. The Morgan fingerprint density at radius 1 is 1.35 bits per heavy atom. The Morgan fingerprint density at radius 3 is 2.53 bits per heavy atom. The lowest BCUT2D eigenvalue weighted by atomic mass is 10.1. The van der Waals surface area contributed by atoms with Crippen LogP contribution in [0.1, 0.15) is 18.1 Å². The monoisotopic (exact) mass is 256 g/mol. The molecule has 0 aliphatic carbocycles. The second-order valence-corrected chi connectivity index (χ2v) is 6.52. The SMILES string of the molecule is CCS(=O)(=O)N(C)CCc1ccc(N)cc1C. The normalized spacial score (nSPS) is 12.0. The molecule has 0 aromatic heterocycles. The summed E-state index contributed by atoms with van der Waals surface area (Å²) in [5.41, 5.74) is 8.65. The van der Waals surface area contributed by atoms with E-state index in [1.807, 2.05) is 25.1 Å². The lowest BCUT2D eigenvalue weighted by Crippen LogP contribution is -2.30. The first-order valence-corrected chi connectivity index (χ1v) is 7.26. The third-order valence-electron chi connectivity index (χ3n) is 2.90. The van der Waals surface area contributed by atoms with Crippen molar-refractivity contribution in [3.63, 3.8) is 0 Å². The van der Waals surface area contributed by atoms with Crippen LogP contribution in [0.3, 0.4) is 0 Å². The number of aryl methyl sites for hydroxylation is 1. The van der Waals surface area contributed by atoms with Crippen LogP contribution in [0.25, 0.3) is 0 Å². The molecule has 0 atom stereocenters. The number of benzene rings is 1. The number of hydrogen-bond acceptors (Lipinski definition) is 3. The van der Waals surface area contributed by atoms with Crippen LogP contribution in [-0.4, -0.2) is 32.1 Å². The van der Waals surface area contributed by atoms with Crippen LogP contribution < -0.4 is 5.73 Å². The summed E-state index contributed by atoms with van der Waals surface area (Å²) in [5, 5.41) is 0. The third-order valence-corrected chi connectivity index (χ3v) is 4.76. The molecule has 96 valence electrons. The molecule has 5 heteroatoms. The number of nitrogens with zero attached hydrogens (tertiary/aromatic N) is 1. The van der Waals surface area contributed by atoms with E-state index in [-0.39, 0.29) is 5.75 Å². The summed E-state index contributed by atoms with van der Waals surface area (Å²) in [5.74, 6) is 0.143. The Balaban J connectivity index is 2.68. The van der Waals surface area contributed by atoms with Crippen molar-refractivity contribution < 1.29 is 8.42 Å². The lowest BCUT2D eigenvalue weighted by Gasteiger charge is -2.16. The first-order chi connectivity index (χ1) is 7.86. The van der Waals surface area contributed by atoms with Gasteiger partial charge in [-0.2, -0.15) is 0 Å². The maximum Gasteiger partial charge on any atom is 0.213 e. The van der Waals surface area contributed by atoms with Crippen molar-refractivity contribution >= 4 is 15.7 Å².